The van der Waals surface area contributed by atoms with Gasteiger partial charge in [0.25, 0.3) is 5.69 Å². The number of non-ortho nitro benzene ring substituents is 1. The van der Waals surface area contributed by atoms with E-state index in [1.807, 2.05) is 13.8 Å². The van der Waals surface area contributed by atoms with Crippen molar-refractivity contribution in [2.75, 3.05) is 12.4 Å². The average Bonchev–Trinajstić information content (AvgIpc) is 2.16. The van der Waals surface area contributed by atoms with Gasteiger partial charge in [0.15, 0.2) is 0 Å². The van der Waals surface area contributed by atoms with Crippen molar-refractivity contribution in [1.29, 1.82) is 0 Å². The zero-order valence-corrected chi connectivity index (χ0v) is 8.98. The van der Waals surface area contributed by atoms with Crippen molar-refractivity contribution in [3.63, 3.8) is 0 Å². The van der Waals surface area contributed by atoms with Crippen molar-refractivity contribution >= 4 is 11.4 Å². The fourth-order valence-electron chi connectivity index (χ4n) is 1.23. The van der Waals surface area contributed by atoms with Crippen LogP contribution in [0, 0.1) is 10.1 Å². The van der Waals surface area contributed by atoms with Crippen molar-refractivity contribution in [2.45, 2.75) is 19.9 Å². The van der Waals surface area contributed by atoms with E-state index in [0.29, 0.717) is 11.4 Å². The zero-order chi connectivity index (χ0) is 11.4. The third-order valence-electron chi connectivity index (χ3n) is 1.84. The number of hydrogen-bond donors (Lipinski definition) is 1. The van der Waals surface area contributed by atoms with Gasteiger partial charge in [-0.15, -0.1) is 0 Å². The van der Waals surface area contributed by atoms with Gasteiger partial charge in [-0.2, -0.15) is 0 Å². The maximum absolute atomic E-state index is 10.6. The van der Waals surface area contributed by atoms with E-state index in [2.05, 4.69) is 5.32 Å². The number of rotatable bonds is 4. The Bertz CT molecular complexity index is 364. The zero-order valence-electron chi connectivity index (χ0n) is 8.98. The van der Waals surface area contributed by atoms with Crippen molar-refractivity contribution in [3.05, 3.63) is 28.3 Å². The second kappa shape index (κ2) is 4.63. The van der Waals surface area contributed by atoms with Gasteiger partial charge in [0.05, 0.1) is 17.7 Å². The summed E-state index contributed by atoms with van der Waals surface area (Å²) in [5.41, 5.74) is 0.695. The van der Waals surface area contributed by atoms with Crippen LogP contribution in [0.2, 0.25) is 0 Å². The molecule has 0 radical (unpaired) electrons. The maximum Gasteiger partial charge on any atom is 0.271 e. The van der Waals surface area contributed by atoms with E-state index >= 15 is 0 Å². The Labute approximate surface area is 88.2 Å². The van der Waals surface area contributed by atoms with E-state index in [0.717, 1.165) is 0 Å². The van der Waals surface area contributed by atoms with E-state index < -0.39 is 4.92 Å². The van der Waals surface area contributed by atoms with Crippen LogP contribution in [0.5, 0.6) is 5.75 Å². The lowest BCUT2D eigenvalue weighted by atomic mass is 10.2. The van der Waals surface area contributed by atoms with Gasteiger partial charge in [-0.3, -0.25) is 10.1 Å². The van der Waals surface area contributed by atoms with E-state index in [9.17, 15) is 10.1 Å². The summed E-state index contributed by atoms with van der Waals surface area (Å²) in [4.78, 5) is 10.1. The molecule has 0 aromatic heterocycles. The van der Waals surface area contributed by atoms with Crippen molar-refractivity contribution < 1.29 is 9.66 Å². The van der Waals surface area contributed by atoms with Gasteiger partial charge in [-0.1, -0.05) is 0 Å². The second-order valence-electron chi connectivity index (χ2n) is 3.44. The first kappa shape index (κ1) is 11.3. The molecule has 0 aliphatic rings. The normalized spacial score (nSPS) is 10.1. The molecule has 0 heterocycles. The largest absolute Gasteiger partial charge is 0.495 e. The molecule has 5 heteroatoms. The van der Waals surface area contributed by atoms with Crippen LogP contribution >= 0.6 is 0 Å². The summed E-state index contributed by atoms with van der Waals surface area (Å²) in [6.45, 7) is 3.91. The van der Waals surface area contributed by atoms with E-state index in [1.54, 1.807) is 6.07 Å². The number of benzene rings is 1. The number of nitrogens with zero attached hydrogens (tertiary/aromatic N) is 1. The van der Waals surface area contributed by atoms with Crippen LogP contribution in [-0.2, 0) is 0 Å². The summed E-state index contributed by atoms with van der Waals surface area (Å²) in [6, 6.07) is 4.67. The van der Waals surface area contributed by atoms with Gasteiger partial charge in [0, 0.05) is 18.2 Å². The van der Waals surface area contributed by atoms with E-state index in [1.165, 1.54) is 19.2 Å². The van der Waals surface area contributed by atoms with E-state index in [-0.39, 0.29) is 11.7 Å². The van der Waals surface area contributed by atoms with Gasteiger partial charge < -0.3 is 10.1 Å². The number of hydrogen-bond acceptors (Lipinski definition) is 4. The summed E-state index contributed by atoms with van der Waals surface area (Å²) in [6.07, 6.45) is 0. The minimum absolute atomic E-state index is 0.0546. The maximum atomic E-state index is 10.6. The Morgan fingerprint density at radius 3 is 2.60 bits per heavy atom. The van der Waals surface area contributed by atoms with Crippen LogP contribution in [0.25, 0.3) is 0 Å². The summed E-state index contributed by atoms with van der Waals surface area (Å²) < 4.78 is 5.10. The van der Waals surface area contributed by atoms with Crippen molar-refractivity contribution in [3.8, 4) is 5.75 Å². The Hall–Kier alpha value is -1.78. The van der Waals surface area contributed by atoms with Crippen molar-refractivity contribution in [1.82, 2.24) is 0 Å². The molecule has 0 saturated heterocycles. The summed E-state index contributed by atoms with van der Waals surface area (Å²) in [5, 5.41) is 13.7. The topological polar surface area (TPSA) is 64.4 Å². The minimum Gasteiger partial charge on any atom is -0.495 e. The number of anilines is 1. The van der Waals surface area contributed by atoms with Gasteiger partial charge >= 0.3 is 0 Å². The molecule has 0 saturated carbocycles. The van der Waals surface area contributed by atoms with Gasteiger partial charge in [0.1, 0.15) is 5.75 Å². The number of methoxy groups -OCH3 is 1. The molecule has 0 fully saturated rings. The van der Waals surface area contributed by atoms with Crippen LogP contribution in [-0.4, -0.2) is 18.1 Å². The number of nitro groups is 1. The van der Waals surface area contributed by atoms with Crippen LogP contribution in [0.15, 0.2) is 18.2 Å². The Morgan fingerprint density at radius 1 is 1.47 bits per heavy atom. The summed E-state index contributed by atoms with van der Waals surface area (Å²) in [7, 11) is 1.53. The minimum atomic E-state index is -0.426. The summed E-state index contributed by atoms with van der Waals surface area (Å²) >= 11 is 0. The predicted octanol–water partition coefficient (Wildman–Crippen LogP) is 2.42. The first-order valence-corrected chi connectivity index (χ1v) is 4.63. The molecule has 5 nitrogen and oxygen atoms in total. The van der Waals surface area contributed by atoms with E-state index in [4.69, 9.17) is 4.74 Å². The van der Waals surface area contributed by atoms with Crippen LogP contribution in [0.4, 0.5) is 11.4 Å². The molecular weight excluding hydrogens is 196 g/mol. The van der Waals surface area contributed by atoms with Crippen LogP contribution in [0.3, 0.4) is 0 Å². The quantitative estimate of drug-likeness (QED) is 0.612. The molecule has 0 spiro atoms. The highest BCUT2D eigenvalue weighted by Gasteiger charge is 2.11. The molecule has 0 atom stereocenters. The lowest BCUT2D eigenvalue weighted by Crippen LogP contribution is -2.10. The fourth-order valence-corrected chi connectivity index (χ4v) is 1.23. The first-order valence-electron chi connectivity index (χ1n) is 4.63. The Morgan fingerprint density at radius 2 is 2.13 bits per heavy atom. The molecular formula is C10H14N2O3. The molecule has 82 valence electrons. The standard InChI is InChI=1S/C10H14N2O3/c1-7(2)11-9-6-8(12(13)14)4-5-10(9)15-3/h4-7,11H,1-3H3. The smallest absolute Gasteiger partial charge is 0.271 e. The SMILES string of the molecule is COc1ccc([N+](=O)[O-])cc1NC(C)C. The first-order chi connectivity index (χ1) is 7.04. The lowest BCUT2D eigenvalue weighted by Gasteiger charge is -2.13. The van der Waals surface area contributed by atoms with Crippen LogP contribution in [0.1, 0.15) is 13.8 Å². The molecule has 0 unspecified atom stereocenters. The Balaban J connectivity index is 3.07. The monoisotopic (exact) mass is 210 g/mol. The van der Waals surface area contributed by atoms with Gasteiger partial charge in [-0.25, -0.2) is 0 Å². The molecule has 0 aliphatic carbocycles. The number of ether oxygens (including phenoxy) is 1. The summed E-state index contributed by atoms with van der Waals surface area (Å²) in [5.74, 6) is 0.606. The predicted molar refractivity (Wildman–Crippen MR) is 58.4 cm³/mol. The second-order valence-corrected chi connectivity index (χ2v) is 3.44. The number of nitrogens with one attached hydrogen (secondary N) is 1. The molecule has 1 aromatic carbocycles. The number of nitro benzene ring substituents is 1. The molecule has 0 amide bonds. The molecule has 15 heavy (non-hydrogen) atoms. The third kappa shape index (κ3) is 2.83. The lowest BCUT2D eigenvalue weighted by molar-refractivity contribution is -0.384. The highest BCUT2D eigenvalue weighted by atomic mass is 16.6. The fraction of sp³-hybridized carbons (Fsp3) is 0.400. The van der Waals surface area contributed by atoms with Crippen molar-refractivity contribution in [2.24, 2.45) is 0 Å². The molecule has 1 rings (SSSR count). The van der Waals surface area contributed by atoms with Gasteiger partial charge in [-0.05, 0) is 19.9 Å². The van der Waals surface area contributed by atoms with Crippen LogP contribution < -0.4 is 10.1 Å². The third-order valence-corrected chi connectivity index (χ3v) is 1.84. The highest BCUT2D eigenvalue weighted by Crippen LogP contribution is 2.29. The highest BCUT2D eigenvalue weighted by molar-refractivity contribution is 5.61. The molecule has 0 bridgehead atoms. The molecule has 0 aliphatic heterocycles. The average molecular weight is 210 g/mol. The van der Waals surface area contributed by atoms with Gasteiger partial charge in [0.2, 0.25) is 0 Å². The molecule has 1 aromatic rings. The molecule has 1 N–H and O–H groups in total. The Kier molecular flexibility index (Phi) is 3.49.